The van der Waals surface area contributed by atoms with Crippen molar-refractivity contribution < 1.29 is 4.74 Å². The van der Waals surface area contributed by atoms with Crippen LogP contribution in [-0.4, -0.2) is 4.98 Å². The van der Waals surface area contributed by atoms with Crippen LogP contribution in [0, 0.1) is 0 Å². The standard InChI is InChI=1S/C16H19N3O/c17-19-14-7-8-18-15(10-14)11-20-16-6-5-12-3-1-2-4-13(12)9-16/h5-10H,1-4,11,17H2,(H,18,19). The van der Waals surface area contributed by atoms with Crippen LogP contribution in [0.15, 0.2) is 36.5 Å². The van der Waals surface area contributed by atoms with Crippen LogP contribution in [0.5, 0.6) is 5.75 Å². The first-order valence-corrected chi connectivity index (χ1v) is 7.01. The largest absolute Gasteiger partial charge is 0.487 e. The first-order valence-electron chi connectivity index (χ1n) is 7.01. The summed E-state index contributed by atoms with van der Waals surface area (Å²) in [6.45, 7) is 0.453. The number of fused-ring (bicyclic) bond motifs is 1. The normalized spacial score (nSPS) is 13.7. The third-order valence-corrected chi connectivity index (χ3v) is 3.69. The number of nitrogen functional groups attached to an aromatic ring is 1. The number of pyridine rings is 1. The highest BCUT2D eigenvalue weighted by Crippen LogP contribution is 2.25. The van der Waals surface area contributed by atoms with Crippen LogP contribution in [0.25, 0.3) is 0 Å². The average Bonchev–Trinajstić information content (AvgIpc) is 2.53. The zero-order valence-electron chi connectivity index (χ0n) is 11.4. The molecule has 0 atom stereocenters. The first-order chi connectivity index (χ1) is 9.85. The molecule has 1 aromatic heterocycles. The number of nitrogens with one attached hydrogen (secondary N) is 1. The van der Waals surface area contributed by atoms with E-state index in [1.807, 2.05) is 12.1 Å². The van der Waals surface area contributed by atoms with Crippen molar-refractivity contribution >= 4 is 5.69 Å². The minimum Gasteiger partial charge on any atom is -0.487 e. The van der Waals surface area contributed by atoms with Gasteiger partial charge < -0.3 is 10.2 Å². The van der Waals surface area contributed by atoms with Crippen LogP contribution >= 0.6 is 0 Å². The van der Waals surface area contributed by atoms with Gasteiger partial charge in [0.1, 0.15) is 12.4 Å². The van der Waals surface area contributed by atoms with E-state index in [0.29, 0.717) is 6.61 Å². The Bertz CT molecular complexity index is 598. The van der Waals surface area contributed by atoms with Gasteiger partial charge in [0.05, 0.1) is 11.4 Å². The summed E-state index contributed by atoms with van der Waals surface area (Å²) >= 11 is 0. The van der Waals surface area contributed by atoms with Crippen molar-refractivity contribution in [1.82, 2.24) is 4.98 Å². The number of nitrogens with two attached hydrogens (primary N) is 1. The lowest BCUT2D eigenvalue weighted by atomic mass is 9.92. The molecule has 104 valence electrons. The molecule has 3 N–H and O–H groups in total. The Morgan fingerprint density at radius 3 is 2.80 bits per heavy atom. The first kappa shape index (κ1) is 12.9. The third kappa shape index (κ3) is 2.91. The molecule has 1 aliphatic rings. The maximum Gasteiger partial charge on any atom is 0.130 e. The van der Waals surface area contributed by atoms with Crippen molar-refractivity contribution in [1.29, 1.82) is 0 Å². The highest BCUT2D eigenvalue weighted by molar-refractivity contribution is 5.42. The molecule has 4 nitrogen and oxygen atoms in total. The zero-order chi connectivity index (χ0) is 13.8. The summed E-state index contributed by atoms with van der Waals surface area (Å²) in [5, 5.41) is 0. The third-order valence-electron chi connectivity index (χ3n) is 3.69. The number of ether oxygens (including phenoxy) is 1. The number of hydrogen-bond acceptors (Lipinski definition) is 4. The highest BCUT2D eigenvalue weighted by Gasteiger charge is 2.10. The molecular weight excluding hydrogens is 250 g/mol. The molecule has 2 aromatic rings. The smallest absolute Gasteiger partial charge is 0.130 e. The number of aryl methyl sites for hydroxylation is 2. The van der Waals surface area contributed by atoms with E-state index < -0.39 is 0 Å². The SMILES string of the molecule is NNc1ccnc(COc2ccc3c(c2)CCCC3)c1. The van der Waals surface area contributed by atoms with Crippen molar-refractivity contribution in [2.24, 2.45) is 5.84 Å². The van der Waals surface area contributed by atoms with E-state index in [2.05, 4.69) is 28.6 Å². The van der Waals surface area contributed by atoms with Crippen molar-refractivity contribution in [2.75, 3.05) is 5.43 Å². The van der Waals surface area contributed by atoms with E-state index in [1.54, 1.807) is 6.20 Å². The predicted molar refractivity (Wildman–Crippen MR) is 79.5 cm³/mol. The van der Waals surface area contributed by atoms with E-state index in [-0.39, 0.29) is 0 Å². The number of hydrogen-bond donors (Lipinski definition) is 2. The number of anilines is 1. The monoisotopic (exact) mass is 269 g/mol. The molecule has 0 unspecified atom stereocenters. The molecule has 0 spiro atoms. The number of benzene rings is 1. The van der Waals surface area contributed by atoms with Crippen molar-refractivity contribution in [2.45, 2.75) is 32.3 Å². The molecule has 0 radical (unpaired) electrons. The molecule has 0 bridgehead atoms. The maximum atomic E-state index is 5.83. The summed E-state index contributed by atoms with van der Waals surface area (Å²) in [4.78, 5) is 4.27. The van der Waals surface area contributed by atoms with Gasteiger partial charge >= 0.3 is 0 Å². The van der Waals surface area contributed by atoms with Crippen LogP contribution in [0.1, 0.15) is 29.7 Å². The Labute approximate surface area is 119 Å². The molecule has 4 heteroatoms. The second-order valence-electron chi connectivity index (χ2n) is 5.11. The van der Waals surface area contributed by atoms with E-state index in [4.69, 9.17) is 10.6 Å². The lowest BCUT2D eigenvalue weighted by molar-refractivity contribution is 0.301. The van der Waals surface area contributed by atoms with Gasteiger partial charge in [0, 0.05) is 6.20 Å². The van der Waals surface area contributed by atoms with Crippen LogP contribution in [0.3, 0.4) is 0 Å². The molecule has 1 heterocycles. The predicted octanol–water partition coefficient (Wildman–Crippen LogP) is 2.83. The highest BCUT2D eigenvalue weighted by atomic mass is 16.5. The fraction of sp³-hybridized carbons (Fsp3) is 0.312. The topological polar surface area (TPSA) is 60.2 Å². The van der Waals surface area contributed by atoms with Crippen LogP contribution in [0.4, 0.5) is 5.69 Å². The molecule has 0 saturated carbocycles. The number of hydrazine groups is 1. The molecule has 0 amide bonds. The summed E-state index contributed by atoms with van der Waals surface area (Å²) in [5.41, 5.74) is 7.21. The van der Waals surface area contributed by atoms with Gasteiger partial charge in [0.2, 0.25) is 0 Å². The minimum atomic E-state index is 0.453. The minimum absolute atomic E-state index is 0.453. The van der Waals surface area contributed by atoms with Gasteiger partial charge in [-0.2, -0.15) is 0 Å². The van der Waals surface area contributed by atoms with E-state index in [9.17, 15) is 0 Å². The van der Waals surface area contributed by atoms with Crippen molar-refractivity contribution in [3.63, 3.8) is 0 Å². The molecule has 3 rings (SSSR count). The zero-order valence-corrected chi connectivity index (χ0v) is 11.4. The van der Waals surface area contributed by atoms with Gasteiger partial charge in [-0.05, 0) is 61.1 Å². The van der Waals surface area contributed by atoms with Gasteiger partial charge in [0.25, 0.3) is 0 Å². The fourth-order valence-corrected chi connectivity index (χ4v) is 2.60. The van der Waals surface area contributed by atoms with Gasteiger partial charge in [-0.25, -0.2) is 0 Å². The van der Waals surface area contributed by atoms with Gasteiger partial charge in [-0.15, -0.1) is 0 Å². The Morgan fingerprint density at radius 1 is 1.10 bits per heavy atom. The second kappa shape index (κ2) is 5.92. The van der Waals surface area contributed by atoms with Crippen LogP contribution < -0.4 is 16.0 Å². The average molecular weight is 269 g/mol. The molecule has 1 aliphatic carbocycles. The Balaban J connectivity index is 1.68. The summed E-state index contributed by atoms with van der Waals surface area (Å²) < 4.78 is 5.83. The summed E-state index contributed by atoms with van der Waals surface area (Å²) in [6.07, 6.45) is 6.66. The van der Waals surface area contributed by atoms with Crippen molar-refractivity contribution in [3.05, 3.63) is 53.3 Å². The van der Waals surface area contributed by atoms with E-state index >= 15 is 0 Å². The molecular formula is C16H19N3O. The van der Waals surface area contributed by atoms with Gasteiger partial charge in [0.15, 0.2) is 0 Å². The molecule has 0 fully saturated rings. The number of aromatic nitrogens is 1. The maximum absolute atomic E-state index is 5.83. The van der Waals surface area contributed by atoms with Crippen molar-refractivity contribution in [3.8, 4) is 5.75 Å². The second-order valence-corrected chi connectivity index (χ2v) is 5.11. The summed E-state index contributed by atoms with van der Waals surface area (Å²) in [5.74, 6) is 6.30. The number of rotatable bonds is 4. The Kier molecular flexibility index (Phi) is 3.83. The Hall–Kier alpha value is -2.07. The van der Waals surface area contributed by atoms with Crippen LogP contribution in [-0.2, 0) is 19.4 Å². The quantitative estimate of drug-likeness (QED) is 0.662. The molecule has 0 aliphatic heterocycles. The van der Waals surface area contributed by atoms with Crippen LogP contribution in [0.2, 0.25) is 0 Å². The molecule has 20 heavy (non-hydrogen) atoms. The summed E-state index contributed by atoms with van der Waals surface area (Å²) in [7, 11) is 0. The van der Waals surface area contributed by atoms with E-state index in [0.717, 1.165) is 23.6 Å². The Morgan fingerprint density at radius 2 is 1.95 bits per heavy atom. The number of nitrogens with zero attached hydrogens (tertiary/aromatic N) is 1. The molecule has 1 aromatic carbocycles. The lowest BCUT2D eigenvalue weighted by Crippen LogP contribution is -2.08. The van der Waals surface area contributed by atoms with E-state index in [1.165, 1.54) is 30.4 Å². The summed E-state index contributed by atoms with van der Waals surface area (Å²) in [6, 6.07) is 10.1. The lowest BCUT2D eigenvalue weighted by Gasteiger charge is -2.16. The fourth-order valence-electron chi connectivity index (χ4n) is 2.60. The molecule has 0 saturated heterocycles. The van der Waals surface area contributed by atoms with Gasteiger partial charge in [-0.3, -0.25) is 10.8 Å². The van der Waals surface area contributed by atoms with Gasteiger partial charge in [-0.1, -0.05) is 6.07 Å².